The maximum Gasteiger partial charge on any atom is 0.387 e. The Morgan fingerprint density at radius 3 is 2.31 bits per heavy atom. The van der Waals surface area contributed by atoms with Gasteiger partial charge in [0, 0.05) is 18.2 Å². The lowest BCUT2D eigenvalue weighted by Gasteiger charge is -2.21. The Labute approximate surface area is 206 Å². The Morgan fingerprint density at radius 2 is 1.77 bits per heavy atom. The Balaban J connectivity index is 2.26. The van der Waals surface area contributed by atoms with Crippen molar-refractivity contribution < 1.29 is 36.2 Å². The van der Waals surface area contributed by atoms with E-state index in [1.807, 2.05) is 13.8 Å². The van der Waals surface area contributed by atoms with Gasteiger partial charge >= 0.3 is 12.6 Å². The summed E-state index contributed by atoms with van der Waals surface area (Å²) in [6.45, 7) is 0.0686. The zero-order valence-electron chi connectivity index (χ0n) is 19.5. The first-order valence-corrected chi connectivity index (χ1v) is 12.8. The van der Waals surface area contributed by atoms with Crippen molar-refractivity contribution in [3.05, 3.63) is 58.2 Å². The minimum atomic E-state index is -3.40. The highest BCUT2D eigenvalue weighted by Crippen LogP contribution is 2.43. The molecule has 188 valence electrons. The predicted octanol–water partition coefficient (Wildman–Crippen LogP) is 5.16. The van der Waals surface area contributed by atoms with E-state index in [-0.39, 0.29) is 44.7 Å². The highest BCUT2D eigenvalue weighted by molar-refractivity contribution is 7.90. The number of benzene rings is 2. The van der Waals surface area contributed by atoms with Gasteiger partial charge in [-0.05, 0) is 35.7 Å². The molecule has 0 aliphatic heterocycles. The van der Waals surface area contributed by atoms with Crippen molar-refractivity contribution >= 4 is 38.3 Å². The lowest BCUT2D eigenvalue weighted by molar-refractivity contribution is -0.142. The summed E-state index contributed by atoms with van der Waals surface area (Å²) in [4.78, 5) is 16.4. The molecule has 35 heavy (non-hydrogen) atoms. The first-order valence-electron chi connectivity index (χ1n) is 10.5. The van der Waals surface area contributed by atoms with Gasteiger partial charge < -0.3 is 14.2 Å². The second kappa shape index (κ2) is 10.7. The molecule has 11 heteroatoms. The monoisotopic (exact) mass is 527 g/mol. The van der Waals surface area contributed by atoms with Gasteiger partial charge in [0.1, 0.15) is 11.5 Å². The molecule has 2 aromatic carbocycles. The van der Waals surface area contributed by atoms with Crippen LogP contribution in [0, 0.1) is 0 Å². The van der Waals surface area contributed by atoms with E-state index in [0.717, 1.165) is 6.26 Å². The van der Waals surface area contributed by atoms with Gasteiger partial charge in [-0.3, -0.25) is 4.98 Å². The third-order valence-electron chi connectivity index (χ3n) is 5.19. The average molecular weight is 528 g/mol. The molecule has 0 N–H and O–H groups in total. The van der Waals surface area contributed by atoms with E-state index in [4.69, 9.17) is 21.1 Å². The van der Waals surface area contributed by atoms with Gasteiger partial charge in [-0.15, -0.1) is 0 Å². The second-order valence-corrected chi connectivity index (χ2v) is 10.5. The van der Waals surface area contributed by atoms with Crippen molar-refractivity contribution in [2.75, 3.05) is 20.0 Å². The first kappa shape index (κ1) is 26.6. The summed E-state index contributed by atoms with van der Waals surface area (Å²) >= 11 is 6.37. The van der Waals surface area contributed by atoms with Crippen LogP contribution in [0.25, 0.3) is 10.9 Å². The molecular weight excluding hydrogens is 504 g/mol. The van der Waals surface area contributed by atoms with Crippen LogP contribution in [0.5, 0.6) is 11.5 Å². The van der Waals surface area contributed by atoms with Crippen molar-refractivity contribution in [2.45, 2.75) is 37.7 Å². The average Bonchev–Trinajstić information content (AvgIpc) is 2.78. The van der Waals surface area contributed by atoms with Crippen LogP contribution in [0.4, 0.5) is 8.78 Å². The molecule has 0 saturated carbocycles. The van der Waals surface area contributed by atoms with E-state index >= 15 is 0 Å². The van der Waals surface area contributed by atoms with E-state index in [1.165, 1.54) is 31.4 Å². The minimum absolute atomic E-state index is 0.0712. The van der Waals surface area contributed by atoms with Gasteiger partial charge in [0.25, 0.3) is 0 Å². The van der Waals surface area contributed by atoms with E-state index in [0.29, 0.717) is 16.8 Å². The summed E-state index contributed by atoms with van der Waals surface area (Å²) in [7, 11) is -2.20. The SMILES string of the molecule is COC(=O)COc1ccc(Cl)c2nc(C(C)C)c(Cc3ccc(S(C)(=O)=O)cc3)c(OC(F)F)c12. The number of carbonyl (C=O) groups excluding carboxylic acids is 1. The van der Waals surface area contributed by atoms with Crippen LogP contribution in [-0.2, 0) is 25.8 Å². The van der Waals surface area contributed by atoms with Gasteiger partial charge in [0.2, 0.25) is 0 Å². The van der Waals surface area contributed by atoms with Gasteiger partial charge in [0.05, 0.1) is 33.6 Å². The molecule has 1 heterocycles. The van der Waals surface area contributed by atoms with Crippen LogP contribution < -0.4 is 9.47 Å². The molecular formula is C24H24ClF2NO6S. The van der Waals surface area contributed by atoms with Crippen LogP contribution >= 0.6 is 11.6 Å². The lowest BCUT2D eigenvalue weighted by Crippen LogP contribution is -2.14. The molecule has 0 atom stereocenters. The number of aromatic nitrogens is 1. The van der Waals surface area contributed by atoms with E-state index in [9.17, 15) is 22.0 Å². The van der Waals surface area contributed by atoms with Crippen molar-refractivity contribution in [3.63, 3.8) is 0 Å². The summed E-state index contributed by atoms with van der Waals surface area (Å²) in [5.74, 6) is -0.965. The Kier molecular flexibility index (Phi) is 8.17. The maximum atomic E-state index is 13.6. The summed E-state index contributed by atoms with van der Waals surface area (Å²) in [5, 5.41) is 0.282. The highest BCUT2D eigenvalue weighted by Gasteiger charge is 2.25. The Morgan fingerprint density at radius 1 is 1.11 bits per heavy atom. The van der Waals surface area contributed by atoms with Gasteiger partial charge in [-0.25, -0.2) is 13.2 Å². The topological polar surface area (TPSA) is 91.8 Å². The molecule has 0 saturated heterocycles. The molecule has 0 fully saturated rings. The fraction of sp³-hybridized carbons (Fsp3) is 0.333. The standard InChI is InChI=1S/C24H24ClF2NO6S/c1-13(2)21-16(11-14-5-7-15(8-6-14)35(4,30)31)23(34-24(26)27)20-18(33-12-19(29)32-3)10-9-17(25)22(20)28-21/h5-10,13,24H,11-12H2,1-4H3. The molecule has 0 amide bonds. The number of rotatable bonds is 9. The number of hydrogen-bond acceptors (Lipinski definition) is 7. The fourth-order valence-corrected chi connectivity index (χ4v) is 4.40. The number of methoxy groups -OCH3 is 1. The summed E-state index contributed by atoms with van der Waals surface area (Å²) in [6, 6.07) is 9.02. The number of nitrogens with zero attached hydrogens (tertiary/aromatic N) is 1. The minimum Gasteiger partial charge on any atom is -0.481 e. The summed E-state index contributed by atoms with van der Waals surface area (Å²) in [5.41, 5.74) is 1.68. The molecule has 0 spiro atoms. The number of fused-ring (bicyclic) bond motifs is 1. The van der Waals surface area contributed by atoms with Crippen molar-refractivity contribution in [1.29, 1.82) is 0 Å². The molecule has 1 aromatic heterocycles. The molecule has 0 bridgehead atoms. The normalized spacial score (nSPS) is 11.8. The number of halogens is 3. The fourth-order valence-electron chi connectivity index (χ4n) is 3.57. The Bertz CT molecular complexity index is 1340. The molecule has 3 aromatic rings. The summed E-state index contributed by atoms with van der Waals surface area (Å²) < 4.78 is 66.0. The first-order chi connectivity index (χ1) is 16.4. The molecule has 0 radical (unpaired) electrons. The number of alkyl halides is 2. The van der Waals surface area contributed by atoms with Gasteiger partial charge in [0.15, 0.2) is 16.4 Å². The zero-order chi connectivity index (χ0) is 25.9. The van der Waals surface area contributed by atoms with Crippen molar-refractivity contribution in [2.24, 2.45) is 0 Å². The highest BCUT2D eigenvalue weighted by atomic mass is 35.5. The third kappa shape index (κ3) is 6.18. The largest absolute Gasteiger partial charge is 0.481 e. The van der Waals surface area contributed by atoms with E-state index in [2.05, 4.69) is 9.72 Å². The molecule has 0 aliphatic carbocycles. The smallest absolute Gasteiger partial charge is 0.387 e. The molecule has 3 rings (SSSR count). The third-order valence-corrected chi connectivity index (χ3v) is 6.63. The maximum absolute atomic E-state index is 13.6. The van der Waals surface area contributed by atoms with Gasteiger partial charge in [-0.2, -0.15) is 8.78 Å². The number of hydrogen-bond donors (Lipinski definition) is 0. The Hall–Kier alpha value is -2.98. The van der Waals surface area contributed by atoms with Crippen molar-refractivity contribution in [1.82, 2.24) is 4.98 Å². The van der Waals surface area contributed by atoms with Crippen molar-refractivity contribution in [3.8, 4) is 11.5 Å². The van der Waals surface area contributed by atoms with Crippen LogP contribution in [0.2, 0.25) is 5.02 Å². The number of sulfone groups is 1. The van der Waals surface area contributed by atoms with Crippen LogP contribution in [0.15, 0.2) is 41.3 Å². The quantitative estimate of drug-likeness (QED) is 0.355. The van der Waals surface area contributed by atoms with Crippen LogP contribution in [0.3, 0.4) is 0 Å². The van der Waals surface area contributed by atoms with E-state index < -0.39 is 29.0 Å². The van der Waals surface area contributed by atoms with Crippen LogP contribution in [-0.4, -0.2) is 46.0 Å². The van der Waals surface area contributed by atoms with Gasteiger partial charge in [-0.1, -0.05) is 37.6 Å². The molecule has 0 unspecified atom stereocenters. The number of esters is 1. The number of carbonyl (C=O) groups is 1. The zero-order valence-corrected chi connectivity index (χ0v) is 21.0. The van der Waals surface area contributed by atoms with E-state index in [1.54, 1.807) is 12.1 Å². The summed E-state index contributed by atoms with van der Waals surface area (Å²) in [6.07, 6.45) is 1.21. The molecule has 7 nitrogen and oxygen atoms in total. The predicted molar refractivity (Wildman–Crippen MR) is 127 cm³/mol. The molecule has 0 aliphatic rings. The second-order valence-electron chi connectivity index (χ2n) is 8.06. The van der Waals surface area contributed by atoms with Crippen LogP contribution in [0.1, 0.15) is 36.6 Å². The number of pyridine rings is 1. The lowest BCUT2D eigenvalue weighted by atomic mass is 9.94. The number of ether oxygens (including phenoxy) is 3.